The van der Waals surface area contributed by atoms with Crippen molar-refractivity contribution in [2.75, 3.05) is 6.79 Å². The third-order valence-corrected chi connectivity index (χ3v) is 4.42. The van der Waals surface area contributed by atoms with E-state index in [-0.39, 0.29) is 12.7 Å². The molecule has 6 heteroatoms. The van der Waals surface area contributed by atoms with Gasteiger partial charge in [0.15, 0.2) is 17.3 Å². The summed E-state index contributed by atoms with van der Waals surface area (Å²) in [6, 6.07) is 13.0. The zero-order valence-electron chi connectivity index (χ0n) is 14.5. The fraction of sp³-hybridized carbons (Fsp3) is 0.200. The number of carbonyl (C=O) groups is 1. The van der Waals surface area contributed by atoms with E-state index in [9.17, 15) is 4.79 Å². The summed E-state index contributed by atoms with van der Waals surface area (Å²) in [6.07, 6.45) is 0. The van der Waals surface area contributed by atoms with Crippen LogP contribution >= 0.6 is 0 Å². The van der Waals surface area contributed by atoms with Crippen molar-refractivity contribution in [1.29, 1.82) is 0 Å². The minimum Gasteiger partial charge on any atom is -0.454 e. The highest BCUT2D eigenvalue weighted by Gasteiger charge is 2.16. The standard InChI is InChI=1S/C20H18N2O4/c1-12-3-4-15(7-13(12)2)20(23)21-10-16-9-18(26-22-16)14-5-6-17-19(8-14)25-11-24-17/h3-9H,10-11H2,1-2H3,(H,21,23). The average molecular weight is 350 g/mol. The minimum atomic E-state index is -0.138. The maximum Gasteiger partial charge on any atom is 0.251 e. The first-order chi connectivity index (χ1) is 12.6. The predicted molar refractivity (Wildman–Crippen MR) is 95.1 cm³/mol. The number of rotatable bonds is 4. The van der Waals surface area contributed by atoms with Crippen LogP contribution in [0.5, 0.6) is 11.5 Å². The Hall–Kier alpha value is -3.28. The lowest BCUT2D eigenvalue weighted by Crippen LogP contribution is -2.23. The van der Waals surface area contributed by atoms with Crippen molar-refractivity contribution in [3.63, 3.8) is 0 Å². The van der Waals surface area contributed by atoms with Crippen LogP contribution in [0.3, 0.4) is 0 Å². The molecule has 0 saturated heterocycles. The Morgan fingerprint density at radius 1 is 1.04 bits per heavy atom. The first-order valence-electron chi connectivity index (χ1n) is 8.31. The monoisotopic (exact) mass is 350 g/mol. The number of ether oxygens (including phenoxy) is 2. The molecule has 1 aliphatic rings. The first-order valence-corrected chi connectivity index (χ1v) is 8.31. The van der Waals surface area contributed by atoms with Crippen molar-refractivity contribution in [2.45, 2.75) is 20.4 Å². The molecule has 2 aromatic carbocycles. The van der Waals surface area contributed by atoms with E-state index >= 15 is 0 Å². The van der Waals surface area contributed by atoms with Crippen molar-refractivity contribution < 1.29 is 18.8 Å². The summed E-state index contributed by atoms with van der Waals surface area (Å²) < 4.78 is 16.1. The summed E-state index contributed by atoms with van der Waals surface area (Å²) in [6.45, 7) is 4.52. The normalized spacial score (nSPS) is 12.2. The lowest BCUT2D eigenvalue weighted by molar-refractivity contribution is 0.0950. The van der Waals surface area contributed by atoms with Crippen LogP contribution in [-0.2, 0) is 6.54 Å². The zero-order chi connectivity index (χ0) is 18.1. The molecule has 26 heavy (non-hydrogen) atoms. The van der Waals surface area contributed by atoms with E-state index in [1.807, 2.05) is 50.2 Å². The molecule has 4 rings (SSSR count). The van der Waals surface area contributed by atoms with Crippen LogP contribution in [0.4, 0.5) is 0 Å². The molecule has 0 bridgehead atoms. The summed E-state index contributed by atoms with van der Waals surface area (Å²) in [5, 5.41) is 6.88. The van der Waals surface area contributed by atoms with E-state index in [0.717, 1.165) is 16.7 Å². The van der Waals surface area contributed by atoms with Crippen molar-refractivity contribution >= 4 is 5.91 Å². The summed E-state index contributed by atoms with van der Waals surface area (Å²) in [5.41, 5.74) is 4.37. The number of hydrogen-bond acceptors (Lipinski definition) is 5. The molecule has 0 radical (unpaired) electrons. The quantitative estimate of drug-likeness (QED) is 0.778. The molecule has 0 spiro atoms. The van der Waals surface area contributed by atoms with Crippen LogP contribution in [0.15, 0.2) is 47.0 Å². The smallest absolute Gasteiger partial charge is 0.251 e. The van der Waals surface area contributed by atoms with Crippen molar-refractivity contribution in [1.82, 2.24) is 10.5 Å². The van der Waals surface area contributed by atoms with Gasteiger partial charge in [-0.15, -0.1) is 0 Å². The molecule has 1 aromatic heterocycles. The van der Waals surface area contributed by atoms with Crippen molar-refractivity contribution in [3.05, 3.63) is 64.8 Å². The van der Waals surface area contributed by atoms with Gasteiger partial charge in [-0.3, -0.25) is 4.79 Å². The second-order valence-corrected chi connectivity index (χ2v) is 6.23. The molecule has 0 aliphatic carbocycles. The molecule has 0 atom stereocenters. The molecule has 0 saturated carbocycles. The van der Waals surface area contributed by atoms with Gasteiger partial charge in [-0.25, -0.2) is 0 Å². The van der Waals surface area contributed by atoms with Crippen LogP contribution in [0.1, 0.15) is 27.2 Å². The second-order valence-electron chi connectivity index (χ2n) is 6.23. The first kappa shape index (κ1) is 16.2. The second kappa shape index (κ2) is 6.55. The summed E-state index contributed by atoms with van der Waals surface area (Å²) in [7, 11) is 0. The highest BCUT2D eigenvalue weighted by molar-refractivity contribution is 5.94. The Balaban J connectivity index is 1.43. The van der Waals surface area contributed by atoms with Crippen LogP contribution in [0.2, 0.25) is 0 Å². The lowest BCUT2D eigenvalue weighted by Gasteiger charge is -2.05. The fourth-order valence-corrected chi connectivity index (χ4v) is 2.74. The Morgan fingerprint density at radius 2 is 1.88 bits per heavy atom. The van der Waals surface area contributed by atoms with Gasteiger partial charge in [0, 0.05) is 17.2 Å². The Bertz CT molecular complexity index is 978. The van der Waals surface area contributed by atoms with E-state index < -0.39 is 0 Å². The third-order valence-electron chi connectivity index (χ3n) is 4.42. The Kier molecular flexibility index (Phi) is 4.08. The van der Waals surface area contributed by atoms with Gasteiger partial charge in [0.05, 0.1) is 6.54 Å². The molecule has 3 aromatic rings. The highest BCUT2D eigenvalue weighted by Crippen LogP contribution is 2.35. The molecular weight excluding hydrogens is 332 g/mol. The van der Waals surface area contributed by atoms with Crippen LogP contribution in [-0.4, -0.2) is 17.9 Å². The number of benzene rings is 2. The molecule has 132 valence electrons. The van der Waals surface area contributed by atoms with E-state index in [0.29, 0.717) is 35.1 Å². The number of aryl methyl sites for hydroxylation is 2. The van der Waals surface area contributed by atoms with Crippen molar-refractivity contribution in [2.24, 2.45) is 0 Å². The Morgan fingerprint density at radius 3 is 2.73 bits per heavy atom. The Labute approximate surface area is 150 Å². The number of aromatic nitrogens is 1. The summed E-state index contributed by atoms with van der Waals surface area (Å²) in [4.78, 5) is 12.3. The van der Waals surface area contributed by atoms with Gasteiger partial charge in [-0.05, 0) is 55.3 Å². The van der Waals surface area contributed by atoms with Crippen LogP contribution in [0.25, 0.3) is 11.3 Å². The van der Waals surface area contributed by atoms with Gasteiger partial charge < -0.3 is 19.3 Å². The molecule has 1 aliphatic heterocycles. The zero-order valence-corrected chi connectivity index (χ0v) is 14.5. The maximum absolute atomic E-state index is 12.3. The largest absolute Gasteiger partial charge is 0.454 e. The number of nitrogens with one attached hydrogen (secondary N) is 1. The van der Waals surface area contributed by atoms with Gasteiger partial charge in [-0.1, -0.05) is 11.2 Å². The van der Waals surface area contributed by atoms with Gasteiger partial charge in [-0.2, -0.15) is 0 Å². The van der Waals surface area contributed by atoms with Gasteiger partial charge in [0.2, 0.25) is 6.79 Å². The highest BCUT2D eigenvalue weighted by atomic mass is 16.7. The molecule has 1 amide bonds. The van der Waals surface area contributed by atoms with E-state index in [1.165, 1.54) is 0 Å². The topological polar surface area (TPSA) is 73.6 Å². The molecule has 1 N–H and O–H groups in total. The average Bonchev–Trinajstić information content (AvgIpc) is 3.30. The van der Waals surface area contributed by atoms with Gasteiger partial charge in [0.1, 0.15) is 5.69 Å². The number of nitrogens with zero attached hydrogens (tertiary/aromatic N) is 1. The lowest BCUT2D eigenvalue weighted by atomic mass is 10.1. The van der Waals surface area contributed by atoms with E-state index in [1.54, 1.807) is 6.07 Å². The van der Waals surface area contributed by atoms with Crippen LogP contribution < -0.4 is 14.8 Å². The fourth-order valence-electron chi connectivity index (χ4n) is 2.74. The van der Waals surface area contributed by atoms with Crippen molar-refractivity contribution in [3.8, 4) is 22.8 Å². The molecular formula is C20H18N2O4. The van der Waals surface area contributed by atoms with E-state index in [4.69, 9.17) is 14.0 Å². The van der Waals surface area contributed by atoms with Crippen LogP contribution in [0, 0.1) is 13.8 Å². The number of fused-ring (bicyclic) bond motifs is 1. The van der Waals surface area contributed by atoms with E-state index in [2.05, 4.69) is 10.5 Å². The number of hydrogen-bond donors (Lipinski definition) is 1. The SMILES string of the molecule is Cc1ccc(C(=O)NCc2cc(-c3ccc4c(c3)OCO4)on2)cc1C. The molecule has 2 heterocycles. The third kappa shape index (κ3) is 3.13. The predicted octanol–water partition coefficient (Wildman–Crippen LogP) is 3.62. The van der Waals surface area contributed by atoms with Gasteiger partial charge >= 0.3 is 0 Å². The summed E-state index contributed by atoms with van der Waals surface area (Å²) in [5.74, 6) is 1.87. The maximum atomic E-state index is 12.3. The molecule has 0 unspecified atom stereocenters. The number of amides is 1. The summed E-state index contributed by atoms with van der Waals surface area (Å²) >= 11 is 0. The molecule has 0 fully saturated rings. The minimum absolute atomic E-state index is 0.138. The molecule has 6 nitrogen and oxygen atoms in total. The van der Waals surface area contributed by atoms with Gasteiger partial charge in [0.25, 0.3) is 5.91 Å². The number of carbonyl (C=O) groups excluding carboxylic acids is 1.